The van der Waals surface area contributed by atoms with Gasteiger partial charge >= 0.3 is 0 Å². The minimum absolute atomic E-state index is 0.0251. The van der Waals surface area contributed by atoms with Gasteiger partial charge in [-0.15, -0.1) is 11.3 Å². The molecule has 8 aromatic carbocycles. The van der Waals surface area contributed by atoms with Crippen molar-refractivity contribution < 1.29 is 0 Å². The van der Waals surface area contributed by atoms with Crippen molar-refractivity contribution in [3.63, 3.8) is 0 Å². The van der Waals surface area contributed by atoms with E-state index in [4.69, 9.17) is 0 Å². The molecule has 0 radical (unpaired) electrons. The van der Waals surface area contributed by atoms with E-state index in [2.05, 4.69) is 244 Å². The molecule has 0 saturated heterocycles. The Hall–Kier alpha value is -6.36. The second-order valence-corrected chi connectivity index (χ2v) is 24.1. The van der Waals surface area contributed by atoms with Crippen molar-refractivity contribution in [2.24, 2.45) is 0 Å². The SMILES string of the molecule is CC(C)(C)c1ccc2c(c1)B1c3ccc(C(C)(C)C)cc3N(c3ccc4c(c3)C(C)(C)c3ccccc3-4)c3cc(C(C)(C)C)cc(c31)N2c1ccc(-c2cccc3c2sc2ccccc23)cc1. The standard InChI is InChI=1S/C63H59BN2S/c1-60(2,3)39-26-32-53-52(33-39)64-51-31-25-40(61(4,5)6)34-54(51)66(43-29-30-46-45-17-12-14-21-49(45)63(10,11)50(46)37-43)56-36-41(62(7,8)9)35-55(58(56)64)65(53)42-27-23-38(24-28-42)44-19-16-20-48-47-18-13-15-22-57(47)67-59(44)48/h12-37H,1-11H3. The number of nitrogens with zero attached hydrogens (tertiary/aromatic N) is 2. The van der Waals surface area contributed by atoms with Crippen molar-refractivity contribution in [3.8, 4) is 22.3 Å². The van der Waals surface area contributed by atoms with Gasteiger partial charge in [-0.2, -0.15) is 0 Å². The maximum atomic E-state index is 2.64. The quantitative estimate of drug-likeness (QED) is 0.163. The number of thiophene rings is 1. The lowest BCUT2D eigenvalue weighted by Gasteiger charge is -2.46. The van der Waals surface area contributed by atoms with Gasteiger partial charge in [0.2, 0.25) is 0 Å². The monoisotopic (exact) mass is 886 g/mol. The number of hydrogen-bond acceptors (Lipinski definition) is 3. The van der Waals surface area contributed by atoms with Gasteiger partial charge in [-0.3, -0.25) is 0 Å². The van der Waals surface area contributed by atoms with Gasteiger partial charge < -0.3 is 9.80 Å². The molecule has 0 spiro atoms. The van der Waals surface area contributed by atoms with Gasteiger partial charge in [0.05, 0.1) is 0 Å². The molecule has 9 aromatic rings. The highest BCUT2D eigenvalue weighted by molar-refractivity contribution is 7.26. The van der Waals surface area contributed by atoms with Gasteiger partial charge in [-0.05, 0) is 137 Å². The molecule has 1 aromatic heterocycles. The largest absolute Gasteiger partial charge is 0.311 e. The summed E-state index contributed by atoms with van der Waals surface area (Å²) in [5, 5.41) is 2.66. The second-order valence-electron chi connectivity index (χ2n) is 23.1. The van der Waals surface area contributed by atoms with Crippen molar-refractivity contribution in [3.05, 3.63) is 186 Å². The van der Waals surface area contributed by atoms with Gasteiger partial charge in [-0.1, -0.05) is 179 Å². The van der Waals surface area contributed by atoms with Crippen LogP contribution in [0.1, 0.15) is 104 Å². The fourth-order valence-corrected chi connectivity index (χ4v) is 12.8. The summed E-state index contributed by atoms with van der Waals surface area (Å²) in [4.78, 5) is 5.23. The molecule has 1 aliphatic carbocycles. The summed E-state index contributed by atoms with van der Waals surface area (Å²) in [5.74, 6) is 0. The summed E-state index contributed by atoms with van der Waals surface area (Å²) >= 11 is 1.90. The van der Waals surface area contributed by atoms with Crippen LogP contribution in [0.25, 0.3) is 42.4 Å². The van der Waals surface area contributed by atoms with E-state index in [1.54, 1.807) is 0 Å². The first-order valence-electron chi connectivity index (χ1n) is 24.2. The van der Waals surface area contributed by atoms with Crippen LogP contribution >= 0.6 is 11.3 Å². The summed E-state index contributed by atoms with van der Waals surface area (Å²) < 4.78 is 2.68. The zero-order chi connectivity index (χ0) is 46.5. The smallest absolute Gasteiger partial charge is 0.252 e. The molecule has 0 amide bonds. The van der Waals surface area contributed by atoms with Crippen molar-refractivity contribution in [2.45, 2.75) is 97.8 Å². The number of rotatable bonds is 3. The molecule has 4 heteroatoms. The molecule has 0 atom stereocenters. The number of fused-ring (bicyclic) bond motifs is 10. The van der Waals surface area contributed by atoms with Crippen LogP contribution in [-0.4, -0.2) is 6.71 Å². The van der Waals surface area contributed by atoms with Gasteiger partial charge in [0.25, 0.3) is 6.71 Å². The van der Waals surface area contributed by atoms with Crippen LogP contribution in [0.2, 0.25) is 0 Å². The minimum Gasteiger partial charge on any atom is -0.311 e. The van der Waals surface area contributed by atoms with E-state index in [9.17, 15) is 0 Å². The average molecular weight is 887 g/mol. The molecule has 0 unspecified atom stereocenters. The van der Waals surface area contributed by atoms with Crippen molar-refractivity contribution in [2.75, 3.05) is 9.80 Å². The predicted molar refractivity (Wildman–Crippen MR) is 292 cm³/mol. The lowest BCUT2D eigenvalue weighted by molar-refractivity contribution is 0.589. The van der Waals surface area contributed by atoms with Crippen molar-refractivity contribution in [1.82, 2.24) is 0 Å². The summed E-state index contributed by atoms with van der Waals surface area (Å²) in [6.45, 7) is 26.0. The maximum absolute atomic E-state index is 2.64. The van der Waals surface area contributed by atoms with Crippen molar-refractivity contribution >= 4 is 88.7 Å². The maximum Gasteiger partial charge on any atom is 0.252 e. The lowest BCUT2D eigenvalue weighted by atomic mass is 9.33. The van der Waals surface area contributed by atoms with E-state index in [0.717, 1.165) is 0 Å². The van der Waals surface area contributed by atoms with Crippen LogP contribution in [0.15, 0.2) is 158 Å². The van der Waals surface area contributed by atoms with Gasteiger partial charge in [0, 0.05) is 59.7 Å². The Kier molecular flexibility index (Phi) is 8.99. The highest BCUT2D eigenvalue weighted by Gasteiger charge is 2.45. The molecular weight excluding hydrogens is 828 g/mol. The number of anilines is 6. The first-order valence-corrected chi connectivity index (χ1v) is 25.0. The van der Waals surface area contributed by atoms with E-state index < -0.39 is 0 Å². The number of hydrogen-bond donors (Lipinski definition) is 0. The van der Waals surface area contributed by atoms with Crippen LogP contribution in [0.5, 0.6) is 0 Å². The van der Waals surface area contributed by atoms with Crippen LogP contribution in [0.3, 0.4) is 0 Å². The fraction of sp³-hybridized carbons (Fsp3) is 0.238. The number of benzene rings is 8. The lowest BCUT2D eigenvalue weighted by Crippen LogP contribution is -2.61. The second kappa shape index (κ2) is 14.3. The fourth-order valence-electron chi connectivity index (χ4n) is 11.5. The zero-order valence-electron chi connectivity index (χ0n) is 40.9. The Labute approximate surface area is 402 Å². The van der Waals surface area contributed by atoms with E-state index in [-0.39, 0.29) is 28.4 Å². The summed E-state index contributed by atoms with van der Waals surface area (Å²) in [5.41, 5.74) is 23.2. The third-order valence-corrected chi connectivity index (χ3v) is 16.6. The third kappa shape index (κ3) is 6.35. The first kappa shape index (κ1) is 42.0. The molecule has 0 saturated carbocycles. The van der Waals surface area contributed by atoms with E-state index in [1.165, 1.54) is 121 Å². The third-order valence-electron chi connectivity index (χ3n) is 15.3. The molecule has 0 fully saturated rings. The Morgan fingerprint density at radius 1 is 0.433 bits per heavy atom. The summed E-state index contributed by atoms with van der Waals surface area (Å²) in [7, 11) is 0. The average Bonchev–Trinajstić information content (AvgIpc) is 3.79. The van der Waals surface area contributed by atoms with Gasteiger partial charge in [0.1, 0.15) is 0 Å². The highest BCUT2D eigenvalue weighted by Crippen LogP contribution is 2.53. The van der Waals surface area contributed by atoms with E-state index in [0.29, 0.717) is 0 Å². The highest BCUT2D eigenvalue weighted by atomic mass is 32.1. The summed E-state index contributed by atoms with van der Waals surface area (Å²) in [6, 6.07) is 61.1. The zero-order valence-corrected chi connectivity index (χ0v) is 41.7. The van der Waals surface area contributed by atoms with Crippen molar-refractivity contribution in [1.29, 1.82) is 0 Å². The molecule has 12 rings (SSSR count). The molecule has 3 heterocycles. The van der Waals surface area contributed by atoms with Crippen LogP contribution in [0, 0.1) is 0 Å². The molecule has 3 aliphatic rings. The molecule has 330 valence electrons. The van der Waals surface area contributed by atoms with Crippen LogP contribution in [-0.2, 0) is 21.7 Å². The Morgan fingerprint density at radius 2 is 1.01 bits per heavy atom. The molecule has 67 heavy (non-hydrogen) atoms. The normalized spacial score (nSPS) is 14.8. The molecule has 2 aliphatic heterocycles. The molecule has 2 nitrogen and oxygen atoms in total. The first-order chi connectivity index (χ1) is 31.9. The van der Waals surface area contributed by atoms with Crippen LogP contribution in [0.4, 0.5) is 34.1 Å². The predicted octanol–water partition coefficient (Wildman–Crippen LogP) is 16.0. The van der Waals surface area contributed by atoms with Gasteiger partial charge in [-0.25, -0.2) is 0 Å². The van der Waals surface area contributed by atoms with Gasteiger partial charge in [0.15, 0.2) is 0 Å². The Balaban J connectivity index is 1.12. The van der Waals surface area contributed by atoms with E-state index >= 15 is 0 Å². The molecular formula is C63H59BN2S. The summed E-state index contributed by atoms with van der Waals surface area (Å²) in [6.07, 6.45) is 0. The topological polar surface area (TPSA) is 6.48 Å². The van der Waals surface area contributed by atoms with Crippen LogP contribution < -0.4 is 26.2 Å². The Bertz CT molecular complexity index is 3510. The van der Waals surface area contributed by atoms with E-state index in [1.807, 2.05) is 11.3 Å². The Morgan fingerprint density at radius 3 is 1.75 bits per heavy atom. The molecule has 0 bridgehead atoms. The molecule has 0 N–H and O–H groups in total. The minimum atomic E-state index is -0.128.